The molecular formula is C20H26N2O3. The summed E-state index contributed by atoms with van der Waals surface area (Å²) < 4.78 is 5.19. The van der Waals surface area contributed by atoms with Crippen LogP contribution in [-0.2, 0) is 10.4 Å². The van der Waals surface area contributed by atoms with Gasteiger partial charge in [0.25, 0.3) is 5.91 Å². The molecule has 25 heavy (non-hydrogen) atoms. The Hall–Kier alpha value is -2.37. The molecule has 2 aromatic carbocycles. The highest BCUT2D eigenvalue weighted by atomic mass is 16.5. The number of amides is 1. The Labute approximate surface area is 148 Å². The molecular weight excluding hydrogens is 316 g/mol. The number of benzene rings is 2. The van der Waals surface area contributed by atoms with Crippen molar-refractivity contribution in [2.45, 2.75) is 25.5 Å². The summed E-state index contributed by atoms with van der Waals surface area (Å²) in [5.74, 6) is 0.258. The molecule has 0 fully saturated rings. The molecule has 0 aliphatic heterocycles. The lowest BCUT2D eigenvalue weighted by Crippen LogP contribution is -2.49. The molecule has 134 valence electrons. The predicted molar refractivity (Wildman–Crippen MR) is 98.1 cm³/mol. The normalized spacial score (nSPS) is 14.8. The zero-order valence-corrected chi connectivity index (χ0v) is 14.9. The summed E-state index contributed by atoms with van der Waals surface area (Å²) in [5.41, 5.74) is 5.26. The summed E-state index contributed by atoms with van der Waals surface area (Å²) in [6.45, 7) is 4.18. The van der Waals surface area contributed by atoms with E-state index in [9.17, 15) is 9.90 Å². The van der Waals surface area contributed by atoms with E-state index in [4.69, 9.17) is 10.5 Å². The third-order valence-corrected chi connectivity index (χ3v) is 4.38. The van der Waals surface area contributed by atoms with Gasteiger partial charge in [0.2, 0.25) is 0 Å². The second kappa shape index (κ2) is 8.14. The van der Waals surface area contributed by atoms with Crippen LogP contribution < -0.4 is 15.8 Å². The molecule has 1 amide bonds. The van der Waals surface area contributed by atoms with E-state index < -0.39 is 11.5 Å². The molecule has 4 N–H and O–H groups in total. The number of nitrogens with one attached hydrogen (secondary N) is 1. The van der Waals surface area contributed by atoms with E-state index in [-0.39, 0.29) is 18.5 Å². The summed E-state index contributed by atoms with van der Waals surface area (Å²) in [6, 6.07) is 16.5. The molecule has 0 aliphatic carbocycles. The van der Waals surface area contributed by atoms with Crippen LogP contribution in [0.15, 0.2) is 54.6 Å². The molecule has 0 saturated carbocycles. The Kier molecular flexibility index (Phi) is 6.17. The summed E-state index contributed by atoms with van der Waals surface area (Å²) in [5, 5.41) is 14.2. The Bertz CT molecular complexity index is 686. The van der Waals surface area contributed by atoms with E-state index in [0.29, 0.717) is 5.56 Å². The number of nitrogens with two attached hydrogens (primary N) is 1. The number of carbonyl (C=O) groups is 1. The molecule has 5 nitrogen and oxygen atoms in total. The van der Waals surface area contributed by atoms with Gasteiger partial charge in [-0.3, -0.25) is 4.79 Å². The Morgan fingerprint density at radius 1 is 1.16 bits per heavy atom. The number of methoxy groups -OCH3 is 1. The first kappa shape index (κ1) is 19.0. The monoisotopic (exact) mass is 342 g/mol. The van der Waals surface area contributed by atoms with Crippen LogP contribution in [0.4, 0.5) is 0 Å². The SMILES string of the molecule is COc1ccc(C(NCC(O)(C(N)=O)c2ccccc2)C(C)C)cc1. The predicted octanol–water partition coefficient (Wildman–Crippen LogP) is 2.36. The van der Waals surface area contributed by atoms with E-state index in [1.165, 1.54) is 0 Å². The minimum absolute atomic E-state index is 0.0290. The van der Waals surface area contributed by atoms with Gasteiger partial charge in [0.15, 0.2) is 5.60 Å². The van der Waals surface area contributed by atoms with Gasteiger partial charge < -0.3 is 20.9 Å². The van der Waals surface area contributed by atoms with Crippen LogP contribution >= 0.6 is 0 Å². The smallest absolute Gasteiger partial charge is 0.255 e. The minimum Gasteiger partial charge on any atom is -0.497 e. The van der Waals surface area contributed by atoms with E-state index in [2.05, 4.69) is 19.2 Å². The van der Waals surface area contributed by atoms with Crippen molar-refractivity contribution in [1.82, 2.24) is 5.32 Å². The Balaban J connectivity index is 2.22. The van der Waals surface area contributed by atoms with Crippen molar-refractivity contribution in [2.75, 3.05) is 13.7 Å². The molecule has 0 bridgehead atoms. The molecule has 0 spiro atoms. The first-order valence-electron chi connectivity index (χ1n) is 8.33. The molecule has 2 unspecified atom stereocenters. The quantitative estimate of drug-likeness (QED) is 0.687. The fraction of sp³-hybridized carbons (Fsp3) is 0.350. The fourth-order valence-corrected chi connectivity index (χ4v) is 2.85. The molecule has 5 heteroatoms. The van der Waals surface area contributed by atoms with E-state index in [0.717, 1.165) is 11.3 Å². The van der Waals surface area contributed by atoms with Gasteiger partial charge >= 0.3 is 0 Å². The van der Waals surface area contributed by atoms with Crippen LogP contribution in [0.25, 0.3) is 0 Å². The van der Waals surface area contributed by atoms with Crippen LogP contribution in [0.3, 0.4) is 0 Å². The second-order valence-corrected chi connectivity index (χ2v) is 6.47. The summed E-state index contributed by atoms with van der Waals surface area (Å²) in [4.78, 5) is 11.9. The number of aliphatic hydroxyl groups is 1. The summed E-state index contributed by atoms with van der Waals surface area (Å²) >= 11 is 0. The highest BCUT2D eigenvalue weighted by molar-refractivity contribution is 5.85. The largest absolute Gasteiger partial charge is 0.497 e. The first-order valence-corrected chi connectivity index (χ1v) is 8.33. The zero-order chi connectivity index (χ0) is 18.4. The lowest BCUT2D eigenvalue weighted by molar-refractivity contribution is -0.137. The molecule has 2 rings (SSSR count). The molecule has 0 aliphatic rings. The first-order chi connectivity index (χ1) is 11.9. The summed E-state index contributed by atoms with van der Waals surface area (Å²) in [7, 11) is 1.63. The van der Waals surface area contributed by atoms with Crippen LogP contribution in [0, 0.1) is 5.92 Å². The molecule has 0 saturated heterocycles. The molecule has 2 aromatic rings. The minimum atomic E-state index is -1.76. The highest BCUT2D eigenvalue weighted by Crippen LogP contribution is 2.26. The van der Waals surface area contributed by atoms with Crippen LogP contribution in [0.2, 0.25) is 0 Å². The lowest BCUT2D eigenvalue weighted by Gasteiger charge is -2.30. The maximum Gasteiger partial charge on any atom is 0.255 e. The topological polar surface area (TPSA) is 84.6 Å². The van der Waals surface area contributed by atoms with E-state index >= 15 is 0 Å². The molecule has 0 radical (unpaired) electrons. The van der Waals surface area contributed by atoms with Gasteiger partial charge in [0.1, 0.15) is 5.75 Å². The van der Waals surface area contributed by atoms with Gasteiger partial charge in [-0.05, 0) is 29.2 Å². The van der Waals surface area contributed by atoms with E-state index in [1.54, 1.807) is 31.4 Å². The van der Waals surface area contributed by atoms with E-state index in [1.807, 2.05) is 30.3 Å². The van der Waals surface area contributed by atoms with Crippen LogP contribution in [0.1, 0.15) is 31.0 Å². The number of primary amides is 1. The maximum atomic E-state index is 11.9. The number of ether oxygens (including phenoxy) is 1. The standard InChI is InChI=1S/C20H26N2O3/c1-14(2)18(15-9-11-17(25-3)12-10-15)22-13-20(24,19(21)23)16-7-5-4-6-8-16/h4-12,14,18,22,24H,13H2,1-3H3,(H2,21,23). The number of hydrogen-bond acceptors (Lipinski definition) is 4. The molecule has 0 heterocycles. The van der Waals surface area contributed by atoms with Crippen molar-refractivity contribution in [3.63, 3.8) is 0 Å². The maximum absolute atomic E-state index is 11.9. The highest BCUT2D eigenvalue weighted by Gasteiger charge is 2.36. The molecule has 2 atom stereocenters. The Morgan fingerprint density at radius 3 is 2.24 bits per heavy atom. The van der Waals surface area contributed by atoms with Gasteiger partial charge in [-0.25, -0.2) is 0 Å². The van der Waals surface area contributed by atoms with Gasteiger partial charge in [-0.1, -0.05) is 56.3 Å². The third-order valence-electron chi connectivity index (χ3n) is 4.38. The molecule has 0 aromatic heterocycles. The third kappa shape index (κ3) is 4.38. The Morgan fingerprint density at radius 2 is 1.76 bits per heavy atom. The van der Waals surface area contributed by atoms with Gasteiger partial charge in [0.05, 0.1) is 7.11 Å². The van der Waals surface area contributed by atoms with Crippen LogP contribution in [0.5, 0.6) is 5.75 Å². The van der Waals surface area contributed by atoms with Gasteiger partial charge in [-0.15, -0.1) is 0 Å². The van der Waals surface area contributed by atoms with Crippen molar-refractivity contribution in [1.29, 1.82) is 0 Å². The number of rotatable bonds is 8. The van der Waals surface area contributed by atoms with Crippen molar-refractivity contribution in [2.24, 2.45) is 11.7 Å². The fourth-order valence-electron chi connectivity index (χ4n) is 2.85. The van der Waals surface area contributed by atoms with Crippen LogP contribution in [-0.4, -0.2) is 24.7 Å². The van der Waals surface area contributed by atoms with Gasteiger partial charge in [-0.2, -0.15) is 0 Å². The zero-order valence-electron chi connectivity index (χ0n) is 14.9. The average Bonchev–Trinajstić information content (AvgIpc) is 2.62. The van der Waals surface area contributed by atoms with Crippen molar-refractivity contribution < 1.29 is 14.6 Å². The van der Waals surface area contributed by atoms with Crippen molar-refractivity contribution >= 4 is 5.91 Å². The second-order valence-electron chi connectivity index (χ2n) is 6.47. The van der Waals surface area contributed by atoms with Gasteiger partial charge in [0, 0.05) is 12.6 Å². The number of carbonyl (C=O) groups excluding carboxylic acids is 1. The van der Waals surface area contributed by atoms with Crippen molar-refractivity contribution in [3.8, 4) is 5.75 Å². The lowest BCUT2D eigenvalue weighted by atomic mass is 9.90. The summed E-state index contributed by atoms with van der Waals surface area (Å²) in [6.07, 6.45) is 0. The average molecular weight is 342 g/mol. The number of hydrogen-bond donors (Lipinski definition) is 3. The van der Waals surface area contributed by atoms with Crippen molar-refractivity contribution in [3.05, 3.63) is 65.7 Å².